The number of nitrogens with one attached hydrogen (secondary N) is 1. The van der Waals surface area contributed by atoms with Crippen molar-refractivity contribution in [3.05, 3.63) is 35.4 Å². The van der Waals surface area contributed by atoms with Gasteiger partial charge in [-0.2, -0.15) is 0 Å². The third-order valence-electron chi connectivity index (χ3n) is 2.89. The van der Waals surface area contributed by atoms with Crippen LogP contribution in [0, 0.1) is 6.92 Å². The summed E-state index contributed by atoms with van der Waals surface area (Å²) < 4.78 is 0. The molecular weight excluding hydrogens is 268 g/mol. The average molecular weight is 287 g/mol. The molecule has 1 fully saturated rings. The summed E-state index contributed by atoms with van der Waals surface area (Å²) in [5, 5.41) is 3.21. The Morgan fingerprint density at radius 1 is 1.56 bits per heavy atom. The SMILES string of the molecule is Cc1cccc(CN(C)C(=O)C2CSCN2)c1.Cl. The Morgan fingerprint density at radius 3 is 2.94 bits per heavy atom. The van der Waals surface area contributed by atoms with Gasteiger partial charge < -0.3 is 4.90 Å². The number of thioether (sulfide) groups is 1. The summed E-state index contributed by atoms with van der Waals surface area (Å²) >= 11 is 1.78. The van der Waals surface area contributed by atoms with Gasteiger partial charge >= 0.3 is 0 Å². The van der Waals surface area contributed by atoms with Gasteiger partial charge in [0.1, 0.15) is 0 Å². The van der Waals surface area contributed by atoms with Crippen LogP contribution in [-0.4, -0.2) is 35.5 Å². The lowest BCUT2D eigenvalue weighted by Gasteiger charge is -2.21. The van der Waals surface area contributed by atoms with Crippen LogP contribution in [0.4, 0.5) is 0 Å². The van der Waals surface area contributed by atoms with Crippen LogP contribution in [0.1, 0.15) is 11.1 Å². The Bertz CT molecular complexity index is 408. The van der Waals surface area contributed by atoms with Crippen molar-refractivity contribution in [1.82, 2.24) is 10.2 Å². The van der Waals surface area contributed by atoms with Gasteiger partial charge in [0, 0.05) is 25.2 Å². The molecule has 0 aromatic heterocycles. The van der Waals surface area contributed by atoms with Gasteiger partial charge in [-0.3, -0.25) is 10.1 Å². The van der Waals surface area contributed by atoms with E-state index in [9.17, 15) is 4.79 Å². The number of hydrogen-bond donors (Lipinski definition) is 1. The smallest absolute Gasteiger partial charge is 0.240 e. The van der Waals surface area contributed by atoms with Gasteiger partial charge in [0.05, 0.1) is 6.04 Å². The normalized spacial score (nSPS) is 18.2. The summed E-state index contributed by atoms with van der Waals surface area (Å²) in [5.74, 6) is 1.96. The number of amides is 1. The van der Waals surface area contributed by atoms with E-state index in [1.54, 1.807) is 16.7 Å². The highest BCUT2D eigenvalue weighted by atomic mass is 35.5. The number of halogens is 1. The first-order valence-electron chi connectivity index (χ1n) is 5.78. The summed E-state index contributed by atoms with van der Waals surface area (Å²) in [6.07, 6.45) is 0. The molecule has 0 bridgehead atoms. The maximum Gasteiger partial charge on any atom is 0.240 e. The van der Waals surface area contributed by atoms with E-state index in [0.717, 1.165) is 11.6 Å². The molecule has 1 amide bonds. The van der Waals surface area contributed by atoms with Crippen molar-refractivity contribution in [2.75, 3.05) is 18.7 Å². The monoisotopic (exact) mass is 286 g/mol. The zero-order valence-electron chi connectivity index (χ0n) is 10.7. The van der Waals surface area contributed by atoms with Gasteiger partial charge in [0.2, 0.25) is 5.91 Å². The maximum atomic E-state index is 12.1. The van der Waals surface area contributed by atoms with Gasteiger partial charge in [0.25, 0.3) is 0 Å². The molecule has 1 atom stereocenters. The van der Waals surface area contributed by atoms with E-state index >= 15 is 0 Å². The fourth-order valence-corrected chi connectivity index (χ4v) is 2.92. The number of likely N-dealkylation sites (N-methyl/N-ethyl adjacent to an activating group) is 1. The number of benzene rings is 1. The Balaban J connectivity index is 0.00000162. The Morgan fingerprint density at radius 2 is 2.33 bits per heavy atom. The summed E-state index contributed by atoms with van der Waals surface area (Å²) in [5.41, 5.74) is 2.42. The van der Waals surface area contributed by atoms with Crippen LogP contribution in [0.2, 0.25) is 0 Å². The molecule has 1 heterocycles. The first-order valence-corrected chi connectivity index (χ1v) is 6.94. The highest BCUT2D eigenvalue weighted by molar-refractivity contribution is 7.99. The Labute approximate surface area is 119 Å². The minimum atomic E-state index is -0.00481. The van der Waals surface area contributed by atoms with Crippen LogP contribution in [-0.2, 0) is 11.3 Å². The van der Waals surface area contributed by atoms with Crippen molar-refractivity contribution in [2.24, 2.45) is 0 Å². The molecule has 1 aliphatic rings. The molecule has 5 heteroatoms. The summed E-state index contributed by atoms with van der Waals surface area (Å²) in [7, 11) is 1.87. The second kappa shape index (κ2) is 7.02. The first kappa shape index (κ1) is 15.3. The minimum absolute atomic E-state index is 0. The number of aryl methyl sites for hydroxylation is 1. The molecule has 0 aliphatic carbocycles. The third-order valence-corrected chi connectivity index (χ3v) is 3.83. The van der Waals surface area contributed by atoms with E-state index in [4.69, 9.17) is 0 Å². The van der Waals surface area contributed by atoms with Crippen LogP contribution in [0.15, 0.2) is 24.3 Å². The predicted octanol–water partition coefficient (Wildman–Crippen LogP) is 2.04. The lowest BCUT2D eigenvalue weighted by molar-refractivity contribution is -0.131. The Hall–Kier alpha value is -0.710. The van der Waals surface area contributed by atoms with Crippen LogP contribution < -0.4 is 5.32 Å². The van der Waals surface area contributed by atoms with E-state index < -0.39 is 0 Å². The molecule has 2 rings (SSSR count). The third kappa shape index (κ3) is 3.90. The van der Waals surface area contributed by atoms with Crippen molar-refractivity contribution in [3.8, 4) is 0 Å². The fourth-order valence-electron chi connectivity index (χ4n) is 1.98. The highest BCUT2D eigenvalue weighted by Crippen LogP contribution is 2.13. The maximum absolute atomic E-state index is 12.1. The van der Waals surface area contributed by atoms with Gasteiger partial charge in [-0.1, -0.05) is 29.8 Å². The lowest BCUT2D eigenvalue weighted by atomic mass is 10.1. The molecule has 0 radical (unpaired) electrons. The van der Waals surface area contributed by atoms with E-state index in [-0.39, 0.29) is 24.4 Å². The molecule has 1 aliphatic heterocycles. The van der Waals surface area contributed by atoms with E-state index in [0.29, 0.717) is 6.54 Å². The van der Waals surface area contributed by atoms with Crippen molar-refractivity contribution in [1.29, 1.82) is 0 Å². The molecule has 0 spiro atoms. The van der Waals surface area contributed by atoms with Crippen molar-refractivity contribution in [2.45, 2.75) is 19.5 Å². The molecule has 1 saturated heterocycles. The number of hydrogen-bond acceptors (Lipinski definition) is 3. The van der Waals surface area contributed by atoms with E-state index in [2.05, 4.69) is 30.4 Å². The number of carbonyl (C=O) groups is 1. The topological polar surface area (TPSA) is 32.3 Å². The number of carbonyl (C=O) groups excluding carboxylic acids is 1. The van der Waals surface area contributed by atoms with Crippen LogP contribution in [0.5, 0.6) is 0 Å². The molecule has 1 aromatic rings. The predicted molar refractivity (Wildman–Crippen MR) is 79.1 cm³/mol. The number of nitrogens with zero attached hydrogens (tertiary/aromatic N) is 1. The molecule has 18 heavy (non-hydrogen) atoms. The highest BCUT2D eigenvalue weighted by Gasteiger charge is 2.25. The zero-order chi connectivity index (χ0) is 12.3. The number of rotatable bonds is 3. The first-order chi connectivity index (χ1) is 8.16. The summed E-state index contributed by atoms with van der Waals surface area (Å²) in [6, 6.07) is 8.29. The van der Waals surface area contributed by atoms with Crippen LogP contribution in [0.3, 0.4) is 0 Å². The Kier molecular flexibility index (Phi) is 5.99. The largest absolute Gasteiger partial charge is 0.340 e. The molecule has 0 saturated carbocycles. The van der Waals surface area contributed by atoms with Crippen molar-refractivity contribution >= 4 is 30.1 Å². The minimum Gasteiger partial charge on any atom is -0.340 e. The van der Waals surface area contributed by atoms with Crippen molar-refractivity contribution in [3.63, 3.8) is 0 Å². The fraction of sp³-hybridized carbons (Fsp3) is 0.462. The zero-order valence-corrected chi connectivity index (χ0v) is 12.3. The van der Waals surface area contributed by atoms with Gasteiger partial charge in [-0.25, -0.2) is 0 Å². The molecule has 1 aromatic carbocycles. The van der Waals surface area contributed by atoms with Crippen LogP contribution >= 0.6 is 24.2 Å². The molecule has 1 unspecified atom stereocenters. The van der Waals surface area contributed by atoms with Crippen molar-refractivity contribution < 1.29 is 4.79 Å². The second-order valence-corrected chi connectivity index (χ2v) is 5.49. The molecular formula is C13H19ClN2OS. The molecule has 1 N–H and O–H groups in total. The average Bonchev–Trinajstić information content (AvgIpc) is 2.81. The van der Waals surface area contributed by atoms with Crippen LogP contribution in [0.25, 0.3) is 0 Å². The molecule has 100 valence electrons. The van der Waals surface area contributed by atoms with E-state index in [1.165, 1.54) is 11.1 Å². The quantitative estimate of drug-likeness (QED) is 0.923. The second-order valence-electron chi connectivity index (χ2n) is 4.46. The summed E-state index contributed by atoms with van der Waals surface area (Å²) in [6.45, 7) is 2.75. The molecule has 3 nitrogen and oxygen atoms in total. The van der Waals surface area contributed by atoms with E-state index in [1.807, 2.05) is 13.1 Å². The van der Waals surface area contributed by atoms with Gasteiger partial charge in [0.15, 0.2) is 0 Å². The standard InChI is InChI=1S/C13H18N2OS.ClH/c1-10-4-3-5-11(6-10)7-15(2)13(16)12-8-17-9-14-12;/h3-6,12,14H,7-9H2,1-2H3;1H. The van der Waals surface area contributed by atoms with Gasteiger partial charge in [-0.15, -0.1) is 24.2 Å². The lowest BCUT2D eigenvalue weighted by Crippen LogP contribution is -2.42. The summed E-state index contributed by atoms with van der Waals surface area (Å²) in [4.78, 5) is 13.9. The van der Waals surface area contributed by atoms with Gasteiger partial charge in [-0.05, 0) is 12.5 Å².